The first-order chi connectivity index (χ1) is 12.1. The fraction of sp³-hybridized carbons (Fsp3) is 0.250. The lowest BCUT2D eigenvalue weighted by Crippen LogP contribution is -2.18. The number of benzene rings is 2. The van der Waals surface area contributed by atoms with Crippen LogP contribution < -0.4 is 0 Å². The van der Waals surface area contributed by atoms with Crippen LogP contribution in [0.15, 0.2) is 61.1 Å². The van der Waals surface area contributed by atoms with Crippen LogP contribution in [0.1, 0.15) is 35.7 Å². The highest BCUT2D eigenvalue weighted by molar-refractivity contribution is 5.72. The quantitative estimate of drug-likeness (QED) is 0.602. The van der Waals surface area contributed by atoms with Crippen LogP contribution in [0.5, 0.6) is 0 Å². The SMILES string of the molecule is FC(F)(F)c1ccccc1-c1ccccc1C1CCCc2cncn21. The summed E-state index contributed by atoms with van der Waals surface area (Å²) >= 11 is 0. The number of imidazole rings is 1. The van der Waals surface area contributed by atoms with Crippen LogP contribution in [0, 0.1) is 0 Å². The standard InChI is InChI=1S/C20H17F3N2/c21-20(22,23)18-10-4-3-8-16(18)15-7-1-2-9-17(15)19-11-5-6-14-12-24-13-25(14)19/h1-4,7-10,12-13,19H,5-6,11H2. The van der Waals surface area contributed by atoms with Crippen molar-refractivity contribution >= 4 is 0 Å². The van der Waals surface area contributed by atoms with Gasteiger partial charge in [0.15, 0.2) is 0 Å². The maximum atomic E-state index is 13.5. The number of alkyl halides is 3. The Balaban J connectivity index is 1.88. The second kappa shape index (κ2) is 6.06. The molecular weight excluding hydrogens is 325 g/mol. The van der Waals surface area contributed by atoms with Gasteiger partial charge in [-0.1, -0.05) is 42.5 Å². The molecule has 0 bridgehead atoms. The van der Waals surface area contributed by atoms with Crippen LogP contribution in [0.25, 0.3) is 11.1 Å². The smallest absolute Gasteiger partial charge is 0.327 e. The van der Waals surface area contributed by atoms with Gasteiger partial charge in [0.25, 0.3) is 0 Å². The Morgan fingerprint density at radius 2 is 1.68 bits per heavy atom. The fourth-order valence-corrected chi connectivity index (χ4v) is 3.73. The van der Waals surface area contributed by atoms with Crippen LogP contribution in [0.3, 0.4) is 0 Å². The van der Waals surface area contributed by atoms with Crippen molar-refractivity contribution in [1.29, 1.82) is 0 Å². The van der Waals surface area contributed by atoms with Crippen molar-refractivity contribution in [3.63, 3.8) is 0 Å². The van der Waals surface area contributed by atoms with Crippen molar-refractivity contribution < 1.29 is 13.2 Å². The van der Waals surface area contributed by atoms with Gasteiger partial charge in [-0.05, 0) is 42.0 Å². The zero-order valence-electron chi connectivity index (χ0n) is 13.5. The summed E-state index contributed by atoms with van der Waals surface area (Å²) in [5, 5.41) is 0. The van der Waals surface area contributed by atoms with E-state index in [0.717, 1.165) is 36.6 Å². The number of fused-ring (bicyclic) bond motifs is 1. The summed E-state index contributed by atoms with van der Waals surface area (Å²) in [6.45, 7) is 0. The van der Waals surface area contributed by atoms with Crippen molar-refractivity contribution in [2.45, 2.75) is 31.5 Å². The average molecular weight is 342 g/mol. The minimum Gasteiger partial charge on any atom is -0.327 e. The molecule has 0 radical (unpaired) electrons. The van der Waals surface area contributed by atoms with Gasteiger partial charge in [-0.2, -0.15) is 13.2 Å². The third kappa shape index (κ3) is 2.84. The molecule has 3 aromatic rings. The first kappa shape index (κ1) is 15.9. The van der Waals surface area contributed by atoms with Gasteiger partial charge in [0.05, 0.1) is 17.9 Å². The maximum absolute atomic E-state index is 13.5. The number of hydrogen-bond donors (Lipinski definition) is 0. The van der Waals surface area contributed by atoms with Crippen LogP contribution >= 0.6 is 0 Å². The van der Waals surface area contributed by atoms with E-state index in [4.69, 9.17) is 0 Å². The highest BCUT2D eigenvalue weighted by atomic mass is 19.4. The third-order valence-electron chi connectivity index (χ3n) is 4.83. The molecule has 0 saturated heterocycles. The van der Waals surface area contributed by atoms with E-state index in [1.165, 1.54) is 6.07 Å². The van der Waals surface area contributed by atoms with E-state index in [2.05, 4.69) is 9.55 Å². The van der Waals surface area contributed by atoms with Crippen molar-refractivity contribution in [3.05, 3.63) is 77.9 Å². The Kier molecular flexibility index (Phi) is 3.86. The zero-order valence-corrected chi connectivity index (χ0v) is 13.5. The normalized spacial score (nSPS) is 17.3. The average Bonchev–Trinajstić information content (AvgIpc) is 3.10. The predicted molar refractivity (Wildman–Crippen MR) is 90.2 cm³/mol. The molecule has 25 heavy (non-hydrogen) atoms. The number of hydrogen-bond acceptors (Lipinski definition) is 1. The highest BCUT2D eigenvalue weighted by Gasteiger charge is 2.34. The molecule has 1 unspecified atom stereocenters. The van der Waals surface area contributed by atoms with Crippen LogP contribution in [-0.2, 0) is 12.6 Å². The van der Waals surface area contributed by atoms with E-state index < -0.39 is 11.7 Å². The Labute approximate surface area is 143 Å². The minimum absolute atomic E-state index is 0.0174. The van der Waals surface area contributed by atoms with Gasteiger partial charge in [0, 0.05) is 11.9 Å². The lowest BCUT2D eigenvalue weighted by Gasteiger charge is -2.28. The Bertz CT molecular complexity index is 896. The summed E-state index contributed by atoms with van der Waals surface area (Å²) in [4.78, 5) is 4.22. The zero-order chi connectivity index (χ0) is 17.4. The Morgan fingerprint density at radius 3 is 2.48 bits per heavy atom. The molecule has 1 atom stereocenters. The molecule has 4 rings (SSSR count). The largest absolute Gasteiger partial charge is 0.417 e. The topological polar surface area (TPSA) is 17.8 Å². The lowest BCUT2D eigenvalue weighted by atomic mass is 9.88. The molecule has 0 saturated carbocycles. The molecule has 1 aliphatic rings. The molecule has 2 nitrogen and oxygen atoms in total. The van der Waals surface area contributed by atoms with Gasteiger partial charge in [-0.25, -0.2) is 4.98 Å². The molecule has 0 aliphatic carbocycles. The highest BCUT2D eigenvalue weighted by Crippen LogP contribution is 2.41. The van der Waals surface area contributed by atoms with E-state index in [-0.39, 0.29) is 11.6 Å². The van der Waals surface area contributed by atoms with Crippen molar-refractivity contribution in [2.24, 2.45) is 0 Å². The second-order valence-corrected chi connectivity index (χ2v) is 6.33. The lowest BCUT2D eigenvalue weighted by molar-refractivity contribution is -0.137. The van der Waals surface area contributed by atoms with Gasteiger partial charge in [-0.3, -0.25) is 0 Å². The Hall–Kier alpha value is -2.56. The van der Waals surface area contributed by atoms with E-state index in [1.54, 1.807) is 30.6 Å². The molecule has 1 aromatic heterocycles. The molecule has 2 aromatic carbocycles. The monoisotopic (exact) mass is 342 g/mol. The predicted octanol–water partition coefficient (Wildman–Crippen LogP) is 5.49. The third-order valence-corrected chi connectivity index (χ3v) is 4.83. The van der Waals surface area contributed by atoms with E-state index in [1.807, 2.05) is 18.3 Å². The first-order valence-corrected chi connectivity index (χ1v) is 8.32. The molecule has 1 aliphatic heterocycles. The Morgan fingerprint density at radius 1 is 0.960 bits per heavy atom. The van der Waals surface area contributed by atoms with Gasteiger partial charge < -0.3 is 4.57 Å². The summed E-state index contributed by atoms with van der Waals surface area (Å²) < 4.78 is 42.5. The van der Waals surface area contributed by atoms with Crippen LogP contribution in [-0.4, -0.2) is 9.55 Å². The van der Waals surface area contributed by atoms with Gasteiger partial charge in [-0.15, -0.1) is 0 Å². The molecule has 0 spiro atoms. The van der Waals surface area contributed by atoms with Gasteiger partial charge in [0.2, 0.25) is 0 Å². The molecule has 0 amide bonds. The van der Waals surface area contributed by atoms with Crippen molar-refractivity contribution in [2.75, 3.05) is 0 Å². The summed E-state index contributed by atoms with van der Waals surface area (Å²) in [5.74, 6) is 0. The summed E-state index contributed by atoms with van der Waals surface area (Å²) in [5.41, 5.74) is 2.33. The van der Waals surface area contributed by atoms with Gasteiger partial charge >= 0.3 is 6.18 Å². The molecule has 0 N–H and O–H groups in total. The van der Waals surface area contributed by atoms with Crippen LogP contribution in [0.4, 0.5) is 13.2 Å². The summed E-state index contributed by atoms with van der Waals surface area (Å²) in [6.07, 6.45) is 2.11. The minimum atomic E-state index is -4.38. The summed E-state index contributed by atoms with van der Waals surface area (Å²) in [6, 6.07) is 13.2. The summed E-state index contributed by atoms with van der Waals surface area (Å²) in [7, 11) is 0. The second-order valence-electron chi connectivity index (χ2n) is 6.33. The van der Waals surface area contributed by atoms with E-state index in [0.29, 0.717) is 5.56 Å². The number of aromatic nitrogens is 2. The fourth-order valence-electron chi connectivity index (χ4n) is 3.73. The van der Waals surface area contributed by atoms with Crippen molar-refractivity contribution in [1.82, 2.24) is 9.55 Å². The van der Waals surface area contributed by atoms with Crippen molar-refractivity contribution in [3.8, 4) is 11.1 Å². The van der Waals surface area contributed by atoms with Gasteiger partial charge in [0.1, 0.15) is 0 Å². The maximum Gasteiger partial charge on any atom is 0.417 e. The molecular formula is C20H17F3N2. The van der Waals surface area contributed by atoms with E-state index in [9.17, 15) is 13.2 Å². The number of aryl methyl sites for hydroxylation is 1. The molecule has 128 valence electrons. The first-order valence-electron chi connectivity index (χ1n) is 8.32. The van der Waals surface area contributed by atoms with E-state index >= 15 is 0 Å². The van der Waals surface area contributed by atoms with Crippen LogP contribution in [0.2, 0.25) is 0 Å². The number of rotatable bonds is 2. The molecule has 5 heteroatoms. The molecule has 0 fully saturated rings. The number of nitrogens with zero attached hydrogens (tertiary/aromatic N) is 2. The number of halogens is 3. The molecule has 2 heterocycles.